The zero-order chi connectivity index (χ0) is 46.6. The van der Waals surface area contributed by atoms with E-state index in [0.717, 1.165) is 57.8 Å². The van der Waals surface area contributed by atoms with Crippen LogP contribution in [0.5, 0.6) is 23.0 Å². The molecule has 2 saturated heterocycles. The quantitative estimate of drug-likeness (QED) is 0.0482. The topological polar surface area (TPSA) is 155 Å². The normalized spacial score (nSPS) is 17.0. The van der Waals surface area contributed by atoms with Crippen molar-refractivity contribution in [2.45, 2.75) is 148 Å². The van der Waals surface area contributed by atoms with Crippen molar-refractivity contribution >= 4 is 52.0 Å². The lowest BCUT2D eigenvalue weighted by Crippen LogP contribution is -2.46. The molecule has 63 heavy (non-hydrogen) atoms. The van der Waals surface area contributed by atoms with E-state index in [2.05, 4.69) is 77.7 Å². The Hall–Kier alpha value is -4.31. The predicted molar refractivity (Wildman–Crippen MR) is 250 cm³/mol. The van der Waals surface area contributed by atoms with Crippen molar-refractivity contribution in [3.05, 3.63) is 35.4 Å². The van der Waals surface area contributed by atoms with Crippen LogP contribution in [0.3, 0.4) is 0 Å². The largest absolute Gasteiger partial charge is 0.493 e. The van der Waals surface area contributed by atoms with Gasteiger partial charge in [-0.3, -0.25) is 9.59 Å². The summed E-state index contributed by atoms with van der Waals surface area (Å²) in [5.41, 5.74) is 0.898. The highest BCUT2D eigenvalue weighted by Crippen LogP contribution is 2.41. The van der Waals surface area contributed by atoms with Gasteiger partial charge >= 0.3 is 0 Å². The van der Waals surface area contributed by atoms with Crippen molar-refractivity contribution < 1.29 is 47.0 Å². The Labute approximate surface area is 377 Å². The highest BCUT2D eigenvalue weighted by molar-refractivity contribution is 6.74. The summed E-state index contributed by atoms with van der Waals surface area (Å²) in [4.78, 5) is 62.2. The highest BCUT2D eigenvalue weighted by Gasteiger charge is 2.41. The number of methoxy groups -OCH3 is 2. The van der Waals surface area contributed by atoms with Crippen LogP contribution in [0, 0.1) is 0 Å². The fourth-order valence-corrected chi connectivity index (χ4v) is 9.36. The van der Waals surface area contributed by atoms with Crippen LogP contribution in [0.1, 0.15) is 120 Å². The SMILES string of the molecule is COc1cc(C(=O)N2CCC[C@H]2CO[Si](C)(C)C(C)(C)C)c(N=C=O)cc1OCCCCCCCOc1cc(N=C=O)c(C(=O)N2CCC[C@H]2CO[Si](C)(C)C(C)(C)C)cc1OC. The van der Waals surface area contributed by atoms with Gasteiger partial charge in [-0.05, 0) is 86.9 Å². The molecule has 0 saturated carbocycles. The Morgan fingerprint density at radius 2 is 0.984 bits per heavy atom. The van der Waals surface area contributed by atoms with Gasteiger partial charge in [0.1, 0.15) is 0 Å². The number of unbranched alkanes of at least 4 members (excludes halogenated alkanes) is 4. The molecular formula is C47H72N4O10Si2. The van der Waals surface area contributed by atoms with E-state index >= 15 is 0 Å². The van der Waals surface area contributed by atoms with Crippen molar-refractivity contribution in [1.82, 2.24) is 9.80 Å². The van der Waals surface area contributed by atoms with Crippen molar-refractivity contribution in [3.63, 3.8) is 0 Å². The second kappa shape index (κ2) is 22.5. The van der Waals surface area contributed by atoms with Crippen LogP contribution >= 0.6 is 0 Å². The summed E-state index contributed by atoms with van der Waals surface area (Å²) >= 11 is 0. The van der Waals surface area contributed by atoms with Gasteiger partial charge in [0.15, 0.2) is 39.6 Å². The van der Waals surface area contributed by atoms with E-state index in [-0.39, 0.29) is 56.5 Å². The Kier molecular flexibility index (Phi) is 18.4. The van der Waals surface area contributed by atoms with Crippen LogP contribution in [0.25, 0.3) is 0 Å². The third-order valence-corrected chi connectivity index (χ3v) is 22.3. The molecule has 0 aromatic heterocycles. The van der Waals surface area contributed by atoms with Crippen LogP contribution in [-0.2, 0) is 18.4 Å². The van der Waals surface area contributed by atoms with Crippen LogP contribution in [0.15, 0.2) is 34.3 Å². The molecular weight excluding hydrogens is 837 g/mol. The van der Waals surface area contributed by atoms with E-state index in [1.165, 1.54) is 14.2 Å². The molecule has 14 nitrogen and oxygen atoms in total. The minimum Gasteiger partial charge on any atom is -0.493 e. The van der Waals surface area contributed by atoms with Crippen molar-refractivity contribution in [2.24, 2.45) is 9.98 Å². The number of likely N-dealkylation sites (tertiary alicyclic amines) is 2. The van der Waals surface area contributed by atoms with Gasteiger partial charge in [0, 0.05) is 25.2 Å². The average Bonchev–Trinajstić information content (AvgIpc) is 3.91. The molecule has 2 aliphatic heterocycles. The summed E-state index contributed by atoms with van der Waals surface area (Å²) in [6, 6.07) is 6.21. The first-order valence-corrected chi connectivity index (χ1v) is 28.3. The van der Waals surface area contributed by atoms with Gasteiger partial charge in [-0.15, -0.1) is 0 Å². The lowest BCUT2D eigenvalue weighted by Gasteiger charge is -2.38. The molecule has 2 aromatic carbocycles. The van der Waals surface area contributed by atoms with Gasteiger partial charge < -0.3 is 37.6 Å². The maximum atomic E-state index is 13.9. The molecule has 0 N–H and O–H groups in total. The summed E-state index contributed by atoms with van der Waals surface area (Å²) in [6.07, 6.45) is 10.9. The lowest BCUT2D eigenvalue weighted by molar-refractivity contribution is 0.0678. The molecule has 4 rings (SSSR count). The highest BCUT2D eigenvalue weighted by atomic mass is 28.4. The first-order chi connectivity index (χ1) is 29.7. The Morgan fingerprint density at radius 1 is 0.619 bits per heavy atom. The molecule has 2 aromatic rings. The van der Waals surface area contributed by atoms with E-state index in [1.54, 1.807) is 36.4 Å². The zero-order valence-corrected chi connectivity index (χ0v) is 41.9. The fraction of sp³-hybridized carbons (Fsp3) is 0.660. The third-order valence-electron chi connectivity index (χ3n) is 13.3. The van der Waals surface area contributed by atoms with Crippen LogP contribution in [-0.4, -0.2) is 116 Å². The second-order valence-electron chi connectivity index (χ2n) is 19.6. The first-order valence-electron chi connectivity index (χ1n) is 22.4. The predicted octanol–water partition coefficient (Wildman–Crippen LogP) is 10.3. The van der Waals surface area contributed by atoms with Gasteiger partial charge in [0.05, 0.1) is 75.2 Å². The molecule has 0 radical (unpaired) electrons. The third kappa shape index (κ3) is 13.4. The van der Waals surface area contributed by atoms with Crippen molar-refractivity contribution in [2.75, 3.05) is 53.7 Å². The van der Waals surface area contributed by atoms with E-state index in [4.69, 9.17) is 27.8 Å². The van der Waals surface area contributed by atoms with Gasteiger partial charge in [-0.1, -0.05) is 60.8 Å². The maximum Gasteiger partial charge on any atom is 0.256 e. The Morgan fingerprint density at radius 3 is 1.32 bits per heavy atom. The molecule has 16 heteroatoms. The number of hydrogen-bond acceptors (Lipinski definition) is 12. The van der Waals surface area contributed by atoms with Crippen LogP contribution in [0.4, 0.5) is 11.4 Å². The summed E-state index contributed by atoms with van der Waals surface area (Å²) in [6.45, 7) is 24.9. The molecule has 2 heterocycles. The fourth-order valence-electron chi connectivity index (χ4n) is 7.27. The number of aliphatic imine (C=N–C) groups is 2. The smallest absolute Gasteiger partial charge is 0.256 e. The van der Waals surface area contributed by atoms with E-state index in [9.17, 15) is 19.2 Å². The van der Waals surface area contributed by atoms with Crippen LogP contribution in [0.2, 0.25) is 36.3 Å². The monoisotopic (exact) mass is 908 g/mol. The van der Waals surface area contributed by atoms with Gasteiger partial charge in [-0.25, -0.2) is 9.59 Å². The number of nitrogens with zero attached hydrogens (tertiary/aromatic N) is 4. The van der Waals surface area contributed by atoms with Gasteiger partial charge in [-0.2, -0.15) is 9.98 Å². The molecule has 348 valence electrons. The second-order valence-corrected chi connectivity index (χ2v) is 29.3. The Bertz CT molecular complexity index is 1840. The first kappa shape index (κ1) is 51.3. The van der Waals surface area contributed by atoms with E-state index in [0.29, 0.717) is 62.5 Å². The summed E-state index contributed by atoms with van der Waals surface area (Å²) in [5, 5.41) is 0.111. The van der Waals surface area contributed by atoms with Gasteiger partial charge in [0.2, 0.25) is 12.2 Å². The number of benzene rings is 2. The number of amides is 2. The zero-order valence-electron chi connectivity index (χ0n) is 39.9. The number of rotatable bonds is 22. The van der Waals surface area contributed by atoms with Gasteiger partial charge in [0.25, 0.3) is 11.8 Å². The summed E-state index contributed by atoms with van der Waals surface area (Å²) in [7, 11) is -0.979. The molecule has 0 spiro atoms. The molecule has 2 amide bonds. The molecule has 2 aliphatic rings. The average molecular weight is 909 g/mol. The summed E-state index contributed by atoms with van der Waals surface area (Å²) in [5.74, 6) is 1.10. The van der Waals surface area contributed by atoms with E-state index in [1.807, 2.05) is 9.80 Å². The molecule has 2 fully saturated rings. The standard InChI is InChI=1S/C47H72N4O10Si2/c1-46(2,3)62(9,10)60-30-34-20-18-22-50(34)44(54)36-26-40(56-7)42(28-38(36)48-32-52)58-24-16-14-13-15-17-25-59-43-29-39(49-33-53)37(27-41(43)57-8)45(55)51-23-19-21-35(51)31-61-63(11,12)47(4,5)6/h26-29,34-35H,13-25,30-31H2,1-12H3/t34-,35-/m0/s1. The van der Waals surface area contributed by atoms with Crippen molar-refractivity contribution in [1.29, 1.82) is 0 Å². The molecule has 2 atom stereocenters. The van der Waals surface area contributed by atoms with Crippen molar-refractivity contribution in [3.8, 4) is 23.0 Å². The number of hydrogen-bond donors (Lipinski definition) is 0. The Balaban J connectivity index is 1.28. The maximum absolute atomic E-state index is 13.9. The number of isocyanates is 2. The number of ether oxygens (including phenoxy) is 4. The molecule has 0 unspecified atom stereocenters. The van der Waals surface area contributed by atoms with E-state index < -0.39 is 16.6 Å². The molecule has 0 aliphatic carbocycles. The minimum atomic E-state index is -2.01. The lowest BCUT2D eigenvalue weighted by atomic mass is 10.1. The molecule has 0 bridgehead atoms. The minimum absolute atomic E-state index is 0.0555. The number of carbonyl (C=O) groups is 2. The van der Waals surface area contributed by atoms with Crippen LogP contribution < -0.4 is 18.9 Å². The number of carbonyl (C=O) groups excluding carboxylic acids is 4. The summed E-state index contributed by atoms with van der Waals surface area (Å²) < 4.78 is 36.4.